The van der Waals surface area contributed by atoms with Crippen molar-refractivity contribution in [2.75, 3.05) is 20.8 Å². The number of carbonyl (C=O) groups excluding carboxylic acids is 1. The van der Waals surface area contributed by atoms with E-state index >= 15 is 0 Å². The van der Waals surface area contributed by atoms with Gasteiger partial charge in [0.05, 0.1) is 24.3 Å². The molecule has 8 heteroatoms. The van der Waals surface area contributed by atoms with E-state index in [1.807, 2.05) is 32.6 Å². The molecule has 1 amide bonds. The number of aliphatic hydroxyl groups excluding tert-OH is 1. The van der Waals surface area contributed by atoms with Crippen LogP contribution in [-0.2, 0) is 23.7 Å². The van der Waals surface area contributed by atoms with Gasteiger partial charge in [-0.15, -0.1) is 0 Å². The normalized spacial score (nSPS) is 38.9. The molecular weight excluding hydrogens is 438 g/mol. The lowest BCUT2D eigenvalue weighted by Gasteiger charge is -2.59. The van der Waals surface area contributed by atoms with Crippen LogP contribution in [0.1, 0.15) is 86.0 Å². The first kappa shape index (κ1) is 26.1. The van der Waals surface area contributed by atoms with E-state index in [4.69, 9.17) is 23.7 Å². The van der Waals surface area contributed by atoms with Gasteiger partial charge in [0.2, 0.25) is 11.6 Å². The van der Waals surface area contributed by atoms with Gasteiger partial charge in [-0.25, -0.2) is 4.79 Å². The van der Waals surface area contributed by atoms with Crippen LogP contribution in [0.2, 0.25) is 0 Å². The second-order valence-electron chi connectivity index (χ2n) is 12.1. The molecule has 1 spiro atoms. The van der Waals surface area contributed by atoms with Crippen molar-refractivity contribution in [3.63, 3.8) is 0 Å². The Kier molecular flexibility index (Phi) is 7.06. The minimum atomic E-state index is -1.17. The number of amides is 1. The predicted octanol–water partition coefficient (Wildman–Crippen LogP) is 4.23. The maximum atomic E-state index is 13.4. The Morgan fingerprint density at radius 2 is 1.65 bits per heavy atom. The van der Waals surface area contributed by atoms with Crippen molar-refractivity contribution in [1.82, 2.24) is 4.90 Å². The van der Waals surface area contributed by atoms with Gasteiger partial charge in [-0.3, -0.25) is 4.90 Å². The summed E-state index contributed by atoms with van der Waals surface area (Å²) in [7, 11) is 3.14. The summed E-state index contributed by atoms with van der Waals surface area (Å²) >= 11 is 0. The molecule has 6 atom stereocenters. The largest absolute Gasteiger partial charge is 0.444 e. The molecule has 0 bridgehead atoms. The summed E-state index contributed by atoms with van der Waals surface area (Å²) in [6, 6.07) is 0. The quantitative estimate of drug-likeness (QED) is 0.626. The molecule has 0 aromatic rings. The second-order valence-corrected chi connectivity index (χ2v) is 12.1. The molecule has 1 N–H and O–H groups in total. The SMILES string of the molecule is CO[C@@]1(C)O[C@@H]2[C@@H]([C@@H](O)CC3CCCCC3)C3(CC3)N(C(=O)OC(C)(C)C)C[C@H]2O[C@]1(C)OC. The van der Waals surface area contributed by atoms with Gasteiger partial charge in [0.25, 0.3) is 0 Å². The van der Waals surface area contributed by atoms with Crippen LogP contribution < -0.4 is 0 Å². The number of nitrogens with zero attached hydrogens (tertiary/aromatic N) is 1. The molecule has 0 aromatic heterocycles. The Morgan fingerprint density at radius 3 is 2.18 bits per heavy atom. The fourth-order valence-electron chi connectivity index (χ4n) is 6.46. The standard InChI is InChI=1S/C26H45NO7/c1-23(2,3)34-22(29)27-16-19-21(33-25(5,31-7)24(4,30-6)32-19)20(26(27)13-14-26)18(28)15-17-11-9-8-10-12-17/h17-21,28H,8-16H2,1-7H3/t18-,19+,20+,21-,24-,25-/m0/s1. The smallest absolute Gasteiger partial charge is 0.410 e. The molecule has 196 valence electrons. The number of ether oxygens (including phenoxy) is 5. The summed E-state index contributed by atoms with van der Waals surface area (Å²) in [5, 5.41) is 11.7. The molecule has 2 saturated heterocycles. The molecule has 4 rings (SSSR count). The van der Waals surface area contributed by atoms with Crippen molar-refractivity contribution in [3.8, 4) is 0 Å². The monoisotopic (exact) mass is 483 g/mol. The summed E-state index contributed by atoms with van der Waals surface area (Å²) in [5.41, 5.74) is -1.10. The van der Waals surface area contributed by atoms with Crippen LogP contribution >= 0.6 is 0 Å². The highest BCUT2D eigenvalue weighted by Gasteiger charge is 2.69. The first-order chi connectivity index (χ1) is 15.9. The van der Waals surface area contributed by atoms with E-state index in [1.54, 1.807) is 21.1 Å². The zero-order valence-corrected chi connectivity index (χ0v) is 22.1. The van der Waals surface area contributed by atoms with Crippen molar-refractivity contribution in [2.45, 2.75) is 127 Å². The molecule has 4 aliphatic rings. The third-order valence-corrected chi connectivity index (χ3v) is 8.67. The van der Waals surface area contributed by atoms with Gasteiger partial charge in [0.15, 0.2) is 0 Å². The number of piperidine rings is 1. The topological polar surface area (TPSA) is 86.7 Å². The van der Waals surface area contributed by atoms with Crippen molar-refractivity contribution >= 4 is 6.09 Å². The molecule has 2 saturated carbocycles. The summed E-state index contributed by atoms with van der Waals surface area (Å²) < 4.78 is 30.5. The van der Waals surface area contributed by atoms with E-state index in [9.17, 15) is 9.90 Å². The van der Waals surface area contributed by atoms with E-state index in [0.29, 0.717) is 18.9 Å². The Labute approximate surface area is 204 Å². The third kappa shape index (κ3) is 4.61. The maximum Gasteiger partial charge on any atom is 0.410 e. The van der Waals surface area contributed by atoms with Gasteiger partial charge in [-0.1, -0.05) is 32.1 Å². The van der Waals surface area contributed by atoms with Crippen molar-refractivity contribution in [1.29, 1.82) is 0 Å². The van der Waals surface area contributed by atoms with E-state index < -0.39 is 41.0 Å². The zero-order valence-electron chi connectivity index (χ0n) is 22.1. The number of aliphatic hydroxyl groups is 1. The maximum absolute atomic E-state index is 13.4. The van der Waals surface area contributed by atoms with E-state index in [2.05, 4.69) is 0 Å². The van der Waals surface area contributed by atoms with E-state index in [0.717, 1.165) is 25.7 Å². The highest BCUT2D eigenvalue weighted by molar-refractivity contribution is 5.70. The highest BCUT2D eigenvalue weighted by atomic mass is 16.8. The fourth-order valence-corrected chi connectivity index (χ4v) is 6.46. The molecule has 4 fully saturated rings. The van der Waals surface area contributed by atoms with Gasteiger partial charge in [0.1, 0.15) is 11.7 Å². The van der Waals surface area contributed by atoms with Crippen molar-refractivity contribution in [3.05, 3.63) is 0 Å². The number of hydrogen-bond acceptors (Lipinski definition) is 7. The van der Waals surface area contributed by atoms with Gasteiger partial charge in [-0.05, 0) is 59.8 Å². The summed E-state index contributed by atoms with van der Waals surface area (Å²) in [6.07, 6.45) is 6.49. The minimum absolute atomic E-state index is 0.295. The third-order valence-electron chi connectivity index (χ3n) is 8.67. The van der Waals surface area contributed by atoms with Crippen LogP contribution in [0.5, 0.6) is 0 Å². The molecule has 0 aromatic carbocycles. The molecule has 34 heavy (non-hydrogen) atoms. The summed E-state index contributed by atoms with van der Waals surface area (Å²) in [5.74, 6) is -2.13. The van der Waals surface area contributed by atoms with E-state index in [-0.39, 0.29) is 12.0 Å². The van der Waals surface area contributed by atoms with Crippen LogP contribution in [0, 0.1) is 11.8 Å². The summed E-state index contributed by atoms with van der Waals surface area (Å²) in [4.78, 5) is 15.2. The molecule has 0 unspecified atom stereocenters. The van der Waals surface area contributed by atoms with Gasteiger partial charge >= 0.3 is 6.09 Å². The molecular formula is C26H45NO7. The Bertz CT molecular complexity index is 744. The summed E-state index contributed by atoms with van der Waals surface area (Å²) in [6.45, 7) is 9.55. The van der Waals surface area contributed by atoms with Gasteiger partial charge in [-0.2, -0.15) is 0 Å². The average molecular weight is 484 g/mol. The Morgan fingerprint density at radius 1 is 1.06 bits per heavy atom. The molecule has 2 aliphatic carbocycles. The van der Waals surface area contributed by atoms with Crippen LogP contribution in [0.3, 0.4) is 0 Å². The number of carbonyl (C=O) groups is 1. The zero-order chi connectivity index (χ0) is 24.9. The first-order valence-electron chi connectivity index (χ1n) is 13.0. The van der Waals surface area contributed by atoms with Crippen LogP contribution in [0.25, 0.3) is 0 Å². The highest BCUT2D eigenvalue weighted by Crippen LogP contribution is 2.58. The molecule has 2 heterocycles. The Balaban J connectivity index is 1.67. The Hall–Kier alpha value is -0.930. The van der Waals surface area contributed by atoms with Gasteiger partial charge < -0.3 is 28.8 Å². The lowest BCUT2D eigenvalue weighted by atomic mass is 9.74. The van der Waals surface area contributed by atoms with Crippen molar-refractivity contribution < 1.29 is 33.6 Å². The van der Waals surface area contributed by atoms with Gasteiger partial charge in [0, 0.05) is 20.1 Å². The molecule has 8 nitrogen and oxygen atoms in total. The van der Waals surface area contributed by atoms with Crippen LogP contribution in [0.4, 0.5) is 4.79 Å². The average Bonchev–Trinajstić information content (AvgIpc) is 3.54. The lowest BCUT2D eigenvalue weighted by molar-refractivity contribution is -0.460. The second kappa shape index (κ2) is 9.18. The minimum Gasteiger partial charge on any atom is -0.444 e. The van der Waals surface area contributed by atoms with Crippen LogP contribution in [0.15, 0.2) is 0 Å². The van der Waals surface area contributed by atoms with Crippen molar-refractivity contribution in [2.24, 2.45) is 11.8 Å². The van der Waals surface area contributed by atoms with E-state index in [1.165, 1.54) is 19.3 Å². The number of fused-ring (bicyclic) bond motifs is 1. The molecule has 0 radical (unpaired) electrons. The lowest BCUT2D eigenvalue weighted by Crippen LogP contribution is -2.74. The number of rotatable bonds is 5. The number of hydrogen-bond donors (Lipinski definition) is 1. The number of methoxy groups -OCH3 is 2. The fraction of sp³-hybridized carbons (Fsp3) is 0.962. The van der Waals surface area contributed by atoms with Crippen LogP contribution in [-0.4, -0.2) is 77.9 Å². The molecule has 2 aliphatic heterocycles. The predicted molar refractivity (Wildman–Crippen MR) is 126 cm³/mol. The number of likely N-dealkylation sites (tertiary alicyclic amines) is 1. The first-order valence-corrected chi connectivity index (χ1v) is 13.0.